The van der Waals surface area contributed by atoms with Gasteiger partial charge in [0.1, 0.15) is 0 Å². The van der Waals surface area contributed by atoms with E-state index in [9.17, 15) is 13.2 Å². The highest BCUT2D eigenvalue weighted by molar-refractivity contribution is 7.89. The van der Waals surface area contributed by atoms with E-state index in [4.69, 9.17) is 5.26 Å². The molecule has 1 aliphatic heterocycles. The fourth-order valence-electron chi connectivity index (χ4n) is 2.52. The Hall–Kier alpha value is -1.91. The van der Waals surface area contributed by atoms with E-state index in [2.05, 4.69) is 10.8 Å². The molecule has 0 spiro atoms. The Morgan fingerprint density at radius 3 is 2.57 bits per heavy atom. The van der Waals surface area contributed by atoms with Gasteiger partial charge in [-0.25, -0.2) is 13.2 Å². The zero-order valence-electron chi connectivity index (χ0n) is 13.4. The van der Waals surface area contributed by atoms with Gasteiger partial charge in [0.25, 0.3) is 0 Å². The van der Waals surface area contributed by atoms with Crippen LogP contribution in [0.15, 0.2) is 18.2 Å². The minimum atomic E-state index is -3.53. The largest absolute Gasteiger partial charge is 0.465 e. The molecule has 7 heteroatoms. The lowest BCUT2D eigenvalue weighted by molar-refractivity contribution is 0.0600. The van der Waals surface area contributed by atoms with Crippen molar-refractivity contribution < 1.29 is 17.9 Å². The molecule has 6 nitrogen and oxygen atoms in total. The van der Waals surface area contributed by atoms with Gasteiger partial charge in [-0.1, -0.05) is 19.9 Å². The number of methoxy groups -OCH3 is 1. The van der Waals surface area contributed by atoms with Gasteiger partial charge >= 0.3 is 5.97 Å². The molecule has 0 saturated carbocycles. The summed E-state index contributed by atoms with van der Waals surface area (Å²) in [5.41, 5.74) is 2.08. The summed E-state index contributed by atoms with van der Waals surface area (Å²) < 4.78 is 31.1. The van der Waals surface area contributed by atoms with Crippen molar-refractivity contribution in [3.05, 3.63) is 34.9 Å². The van der Waals surface area contributed by atoms with Gasteiger partial charge < -0.3 is 4.74 Å². The molecular weight excluding hydrogens is 316 g/mol. The molecule has 0 aliphatic carbocycles. The quantitative estimate of drug-likeness (QED) is 0.767. The van der Waals surface area contributed by atoms with E-state index in [1.54, 1.807) is 18.2 Å². The molecule has 2 rings (SSSR count). The van der Waals surface area contributed by atoms with Crippen molar-refractivity contribution in [1.29, 1.82) is 5.26 Å². The second kappa shape index (κ2) is 6.69. The fraction of sp³-hybridized carbons (Fsp3) is 0.500. The fourth-order valence-corrected chi connectivity index (χ4v) is 4.31. The van der Waals surface area contributed by atoms with E-state index in [1.807, 2.05) is 13.8 Å². The van der Waals surface area contributed by atoms with Crippen LogP contribution >= 0.6 is 0 Å². The average molecular weight is 336 g/mol. The van der Waals surface area contributed by atoms with Gasteiger partial charge in [0.05, 0.1) is 30.4 Å². The molecule has 1 atom stereocenters. The molecule has 124 valence electrons. The lowest BCUT2D eigenvalue weighted by Crippen LogP contribution is -2.32. The first-order valence-corrected chi connectivity index (χ1v) is 8.97. The van der Waals surface area contributed by atoms with E-state index in [1.165, 1.54) is 11.4 Å². The van der Waals surface area contributed by atoms with Gasteiger partial charge in [-0.15, -0.1) is 0 Å². The zero-order valence-corrected chi connectivity index (χ0v) is 14.3. The first-order chi connectivity index (χ1) is 10.8. The molecule has 1 aliphatic rings. The van der Waals surface area contributed by atoms with E-state index in [-0.39, 0.29) is 24.8 Å². The van der Waals surface area contributed by atoms with Gasteiger partial charge in [0.15, 0.2) is 0 Å². The molecule has 23 heavy (non-hydrogen) atoms. The van der Waals surface area contributed by atoms with Crippen molar-refractivity contribution in [2.24, 2.45) is 11.8 Å². The van der Waals surface area contributed by atoms with Crippen LogP contribution in [0, 0.1) is 23.2 Å². The molecule has 1 unspecified atom stereocenters. The van der Waals surface area contributed by atoms with Crippen molar-refractivity contribution in [1.82, 2.24) is 4.31 Å². The van der Waals surface area contributed by atoms with Crippen LogP contribution in [0.25, 0.3) is 0 Å². The Morgan fingerprint density at radius 1 is 1.35 bits per heavy atom. The standard InChI is InChI=1S/C16H20N2O4S/c1-11(2)15(7-17)10-23(20,21)18-8-13-5-4-12(16(19)22-3)6-14(13)9-18/h4-6,11,15H,8-10H2,1-3H3. The molecule has 1 aromatic rings. The predicted molar refractivity (Wildman–Crippen MR) is 84.8 cm³/mol. The van der Waals surface area contributed by atoms with Crippen LogP contribution < -0.4 is 0 Å². The highest BCUT2D eigenvalue weighted by Crippen LogP contribution is 2.28. The number of ether oxygens (including phenoxy) is 1. The van der Waals surface area contributed by atoms with Crippen LogP contribution in [0.4, 0.5) is 0 Å². The number of rotatable bonds is 5. The third-order valence-electron chi connectivity index (χ3n) is 4.07. The molecule has 0 N–H and O–H groups in total. The van der Waals surface area contributed by atoms with Crippen LogP contribution in [-0.2, 0) is 27.8 Å². The Kier molecular flexibility index (Phi) is 5.07. The number of nitrogens with zero attached hydrogens (tertiary/aromatic N) is 2. The zero-order chi connectivity index (χ0) is 17.2. The van der Waals surface area contributed by atoms with E-state index in [0.29, 0.717) is 5.56 Å². The molecule has 0 bridgehead atoms. The number of nitriles is 1. The summed E-state index contributed by atoms with van der Waals surface area (Å²) in [5.74, 6) is -1.18. The lowest BCUT2D eigenvalue weighted by atomic mass is 10.0. The second-order valence-corrected chi connectivity index (χ2v) is 8.01. The number of carbonyl (C=O) groups is 1. The summed E-state index contributed by atoms with van der Waals surface area (Å²) in [6, 6.07) is 7.12. The highest BCUT2D eigenvalue weighted by atomic mass is 32.2. The van der Waals surface area contributed by atoms with Crippen LogP contribution in [-0.4, -0.2) is 31.6 Å². The lowest BCUT2D eigenvalue weighted by Gasteiger charge is -2.19. The maximum absolute atomic E-state index is 12.5. The highest BCUT2D eigenvalue weighted by Gasteiger charge is 2.32. The first kappa shape index (κ1) is 17.4. The first-order valence-electron chi connectivity index (χ1n) is 7.36. The number of fused-ring (bicyclic) bond motifs is 1. The van der Waals surface area contributed by atoms with Gasteiger partial charge in [0, 0.05) is 13.1 Å². The monoisotopic (exact) mass is 336 g/mol. The molecule has 0 saturated heterocycles. The van der Waals surface area contributed by atoms with Crippen molar-refractivity contribution in [2.45, 2.75) is 26.9 Å². The maximum atomic E-state index is 12.5. The summed E-state index contributed by atoms with van der Waals surface area (Å²) in [6.45, 7) is 4.17. The van der Waals surface area contributed by atoms with Crippen molar-refractivity contribution in [2.75, 3.05) is 12.9 Å². The Morgan fingerprint density at radius 2 is 2.00 bits per heavy atom. The normalized spacial score (nSPS) is 16.0. The topological polar surface area (TPSA) is 87.5 Å². The third kappa shape index (κ3) is 3.71. The predicted octanol–water partition coefficient (Wildman–Crippen LogP) is 1.91. The number of benzene rings is 1. The smallest absolute Gasteiger partial charge is 0.337 e. The third-order valence-corrected chi connectivity index (χ3v) is 5.90. The Labute approximate surface area is 136 Å². The minimum absolute atomic E-state index is 0.0225. The SMILES string of the molecule is COC(=O)c1ccc2c(c1)CN(S(=O)(=O)CC(C#N)C(C)C)C2. The van der Waals surface area contributed by atoms with Gasteiger partial charge in [-0.2, -0.15) is 9.57 Å². The van der Waals surface area contributed by atoms with E-state index in [0.717, 1.165) is 11.1 Å². The van der Waals surface area contributed by atoms with Crippen molar-refractivity contribution in [3.63, 3.8) is 0 Å². The van der Waals surface area contributed by atoms with Crippen molar-refractivity contribution >= 4 is 16.0 Å². The van der Waals surface area contributed by atoms with Crippen LogP contribution in [0.3, 0.4) is 0 Å². The number of hydrogen-bond acceptors (Lipinski definition) is 5. The summed E-state index contributed by atoms with van der Waals surface area (Å²) in [5, 5.41) is 9.12. The molecule has 0 amide bonds. The van der Waals surface area contributed by atoms with Gasteiger partial charge in [0.2, 0.25) is 10.0 Å². The van der Waals surface area contributed by atoms with Gasteiger partial charge in [-0.3, -0.25) is 0 Å². The van der Waals surface area contributed by atoms with Crippen molar-refractivity contribution in [3.8, 4) is 6.07 Å². The second-order valence-electron chi connectivity index (χ2n) is 6.00. The van der Waals surface area contributed by atoms with E-state index < -0.39 is 21.9 Å². The van der Waals surface area contributed by atoms with Crippen LogP contribution in [0.2, 0.25) is 0 Å². The molecule has 0 radical (unpaired) electrons. The molecular formula is C16H20N2O4S. The number of sulfonamides is 1. The maximum Gasteiger partial charge on any atom is 0.337 e. The summed E-state index contributed by atoms with van der Waals surface area (Å²) in [4.78, 5) is 11.6. The Bertz CT molecular complexity index is 750. The molecule has 0 fully saturated rings. The number of esters is 1. The minimum Gasteiger partial charge on any atom is -0.465 e. The van der Waals surface area contributed by atoms with Crippen LogP contribution in [0.1, 0.15) is 35.3 Å². The molecule has 1 heterocycles. The summed E-state index contributed by atoms with van der Waals surface area (Å²) >= 11 is 0. The summed E-state index contributed by atoms with van der Waals surface area (Å²) in [6.07, 6.45) is 0. The molecule has 0 aromatic heterocycles. The Balaban J connectivity index is 2.18. The average Bonchev–Trinajstić information content (AvgIpc) is 2.95. The number of hydrogen-bond donors (Lipinski definition) is 0. The number of carbonyl (C=O) groups excluding carboxylic acids is 1. The van der Waals surface area contributed by atoms with Gasteiger partial charge in [-0.05, 0) is 29.2 Å². The molecule has 1 aromatic carbocycles. The van der Waals surface area contributed by atoms with E-state index >= 15 is 0 Å². The van der Waals surface area contributed by atoms with Crippen LogP contribution in [0.5, 0.6) is 0 Å². The summed E-state index contributed by atoms with van der Waals surface area (Å²) in [7, 11) is -2.22.